The minimum atomic E-state index is -0.607. The van der Waals surface area contributed by atoms with Gasteiger partial charge in [-0.2, -0.15) is 5.26 Å². The van der Waals surface area contributed by atoms with Crippen molar-refractivity contribution in [3.63, 3.8) is 0 Å². The minimum absolute atomic E-state index is 0.0441. The highest BCUT2D eigenvalue weighted by atomic mass is 35.5. The molecule has 4 aromatic rings. The SMILES string of the molecule is CCOc1cc(C2C(C#N)=C(N)Oc3cc(OC(=O)COc4ccc(OC)cc4)ccc32)ccc1OCc1ccc(Cl)cc1. The Labute approximate surface area is 259 Å². The maximum Gasteiger partial charge on any atom is 0.349 e. The molecule has 0 fully saturated rings. The highest BCUT2D eigenvalue weighted by molar-refractivity contribution is 6.30. The Bertz CT molecular complexity index is 1710. The van der Waals surface area contributed by atoms with Gasteiger partial charge >= 0.3 is 5.97 Å². The monoisotopic (exact) mass is 612 g/mol. The zero-order chi connectivity index (χ0) is 31.1. The summed E-state index contributed by atoms with van der Waals surface area (Å²) in [6.07, 6.45) is 0. The average Bonchev–Trinajstić information content (AvgIpc) is 3.03. The van der Waals surface area contributed by atoms with Gasteiger partial charge < -0.3 is 34.2 Å². The summed E-state index contributed by atoms with van der Waals surface area (Å²) in [5, 5.41) is 10.7. The normalized spacial score (nSPS) is 13.6. The number of fused-ring (bicyclic) bond motifs is 1. The molecular formula is C34H29ClN2O7. The van der Waals surface area contributed by atoms with Gasteiger partial charge in [0, 0.05) is 16.7 Å². The highest BCUT2D eigenvalue weighted by Crippen LogP contribution is 2.45. The zero-order valence-electron chi connectivity index (χ0n) is 24.0. The number of allylic oxidation sites excluding steroid dienone is 1. The number of hydrogen-bond donors (Lipinski definition) is 1. The summed E-state index contributed by atoms with van der Waals surface area (Å²) < 4.78 is 33.9. The molecule has 4 aromatic carbocycles. The van der Waals surface area contributed by atoms with E-state index in [0.29, 0.717) is 52.5 Å². The zero-order valence-corrected chi connectivity index (χ0v) is 24.8. The maximum absolute atomic E-state index is 12.5. The third-order valence-corrected chi connectivity index (χ3v) is 7.00. The van der Waals surface area contributed by atoms with Gasteiger partial charge in [-0.05, 0) is 72.6 Å². The Balaban J connectivity index is 1.35. The number of methoxy groups -OCH3 is 1. The van der Waals surface area contributed by atoms with Crippen LogP contribution in [0.15, 0.2) is 96.4 Å². The fourth-order valence-electron chi connectivity index (χ4n) is 4.65. The number of rotatable bonds is 11. The molecule has 0 saturated carbocycles. The van der Waals surface area contributed by atoms with Gasteiger partial charge in [0.25, 0.3) is 0 Å². The molecule has 1 atom stereocenters. The summed E-state index contributed by atoms with van der Waals surface area (Å²) in [5.41, 5.74) is 8.80. The second-order valence-corrected chi connectivity index (χ2v) is 10.1. The summed E-state index contributed by atoms with van der Waals surface area (Å²) in [6.45, 7) is 2.30. The molecule has 0 spiro atoms. The number of halogens is 1. The van der Waals surface area contributed by atoms with Crippen molar-refractivity contribution < 1.29 is 33.2 Å². The Morgan fingerprint density at radius 3 is 2.34 bits per heavy atom. The molecule has 0 amide bonds. The van der Waals surface area contributed by atoms with E-state index in [0.717, 1.165) is 11.1 Å². The summed E-state index contributed by atoms with van der Waals surface area (Å²) in [6, 6.07) is 26.8. The Morgan fingerprint density at radius 2 is 1.64 bits per heavy atom. The van der Waals surface area contributed by atoms with E-state index in [1.165, 1.54) is 0 Å². The quantitative estimate of drug-likeness (QED) is 0.149. The van der Waals surface area contributed by atoms with E-state index in [1.54, 1.807) is 67.8 Å². The predicted molar refractivity (Wildman–Crippen MR) is 163 cm³/mol. The van der Waals surface area contributed by atoms with Crippen LogP contribution in [0.1, 0.15) is 29.5 Å². The van der Waals surface area contributed by atoms with Crippen molar-refractivity contribution in [1.82, 2.24) is 0 Å². The second-order valence-electron chi connectivity index (χ2n) is 9.62. The van der Waals surface area contributed by atoms with Crippen LogP contribution in [0.3, 0.4) is 0 Å². The van der Waals surface area contributed by atoms with Crippen LogP contribution in [-0.4, -0.2) is 26.3 Å². The van der Waals surface area contributed by atoms with Crippen LogP contribution in [0.2, 0.25) is 5.02 Å². The van der Waals surface area contributed by atoms with E-state index in [-0.39, 0.29) is 23.8 Å². The number of esters is 1. The van der Waals surface area contributed by atoms with E-state index >= 15 is 0 Å². The molecule has 2 N–H and O–H groups in total. The minimum Gasteiger partial charge on any atom is -0.497 e. The summed E-state index contributed by atoms with van der Waals surface area (Å²) in [5.74, 6) is 1.62. The second kappa shape index (κ2) is 13.8. The first-order valence-corrected chi connectivity index (χ1v) is 14.1. The van der Waals surface area contributed by atoms with Gasteiger partial charge in [0.2, 0.25) is 5.88 Å². The molecular weight excluding hydrogens is 584 g/mol. The number of nitriles is 1. The van der Waals surface area contributed by atoms with Crippen LogP contribution in [-0.2, 0) is 11.4 Å². The van der Waals surface area contributed by atoms with Gasteiger partial charge in [0.05, 0.1) is 19.6 Å². The number of hydrogen-bond acceptors (Lipinski definition) is 9. The molecule has 1 aliphatic rings. The number of carbonyl (C=O) groups is 1. The van der Waals surface area contributed by atoms with E-state index in [1.807, 2.05) is 31.2 Å². The number of nitrogens with two attached hydrogens (primary N) is 1. The largest absolute Gasteiger partial charge is 0.497 e. The molecule has 0 radical (unpaired) electrons. The molecule has 224 valence electrons. The predicted octanol–water partition coefficient (Wildman–Crippen LogP) is 6.53. The van der Waals surface area contributed by atoms with Crippen LogP contribution in [0.5, 0.6) is 34.5 Å². The molecule has 1 aliphatic heterocycles. The van der Waals surface area contributed by atoms with Crippen molar-refractivity contribution in [2.75, 3.05) is 20.3 Å². The Kier molecular flexibility index (Phi) is 9.43. The van der Waals surface area contributed by atoms with E-state index < -0.39 is 11.9 Å². The first kappa shape index (κ1) is 30.1. The smallest absolute Gasteiger partial charge is 0.349 e. The number of benzene rings is 4. The fraction of sp³-hybridized carbons (Fsp3) is 0.176. The lowest BCUT2D eigenvalue weighted by Crippen LogP contribution is -2.22. The van der Waals surface area contributed by atoms with Crippen molar-refractivity contribution in [3.8, 4) is 40.6 Å². The van der Waals surface area contributed by atoms with Crippen molar-refractivity contribution in [2.24, 2.45) is 5.73 Å². The number of ether oxygens (including phenoxy) is 6. The third-order valence-electron chi connectivity index (χ3n) is 6.75. The van der Waals surface area contributed by atoms with Gasteiger partial charge in [-0.3, -0.25) is 0 Å². The van der Waals surface area contributed by atoms with Gasteiger partial charge in [-0.25, -0.2) is 4.79 Å². The molecule has 1 heterocycles. The van der Waals surface area contributed by atoms with Crippen molar-refractivity contribution >= 4 is 17.6 Å². The van der Waals surface area contributed by atoms with Gasteiger partial charge in [-0.15, -0.1) is 0 Å². The molecule has 44 heavy (non-hydrogen) atoms. The van der Waals surface area contributed by atoms with Crippen molar-refractivity contribution in [3.05, 3.63) is 118 Å². The Hall–Kier alpha value is -5.33. The molecule has 5 rings (SSSR count). The molecule has 0 aliphatic carbocycles. The van der Waals surface area contributed by atoms with Crippen molar-refractivity contribution in [1.29, 1.82) is 5.26 Å². The van der Waals surface area contributed by atoms with Crippen LogP contribution in [0.4, 0.5) is 0 Å². The summed E-state index contributed by atoms with van der Waals surface area (Å²) in [4.78, 5) is 12.5. The lowest BCUT2D eigenvalue weighted by Gasteiger charge is -2.27. The maximum atomic E-state index is 12.5. The van der Waals surface area contributed by atoms with Gasteiger partial charge in [0.15, 0.2) is 18.1 Å². The molecule has 0 aromatic heterocycles. The van der Waals surface area contributed by atoms with Crippen LogP contribution in [0, 0.1) is 11.3 Å². The summed E-state index contributed by atoms with van der Waals surface area (Å²) in [7, 11) is 1.57. The first-order chi connectivity index (χ1) is 21.4. The lowest BCUT2D eigenvalue weighted by molar-refractivity contribution is -0.136. The molecule has 0 saturated heterocycles. The molecule has 9 nitrogen and oxygen atoms in total. The number of nitrogens with zero attached hydrogens (tertiary/aromatic N) is 1. The molecule has 0 bridgehead atoms. The third kappa shape index (κ3) is 7.00. The van der Waals surface area contributed by atoms with Gasteiger partial charge in [-0.1, -0.05) is 35.9 Å². The van der Waals surface area contributed by atoms with Crippen LogP contribution >= 0.6 is 11.6 Å². The highest BCUT2D eigenvalue weighted by Gasteiger charge is 2.32. The lowest BCUT2D eigenvalue weighted by atomic mass is 9.83. The summed E-state index contributed by atoms with van der Waals surface area (Å²) >= 11 is 5.99. The van der Waals surface area contributed by atoms with Gasteiger partial charge in [0.1, 0.15) is 41.2 Å². The topological polar surface area (TPSA) is 122 Å². The van der Waals surface area contributed by atoms with E-state index in [2.05, 4.69) is 6.07 Å². The Morgan fingerprint density at radius 1 is 0.909 bits per heavy atom. The molecule has 1 unspecified atom stereocenters. The molecule has 10 heteroatoms. The fourth-order valence-corrected chi connectivity index (χ4v) is 4.78. The van der Waals surface area contributed by atoms with Crippen LogP contribution < -0.4 is 34.2 Å². The number of carbonyl (C=O) groups excluding carboxylic acids is 1. The average molecular weight is 613 g/mol. The van der Waals surface area contributed by atoms with E-state index in [4.69, 9.17) is 45.8 Å². The van der Waals surface area contributed by atoms with Crippen LogP contribution in [0.25, 0.3) is 0 Å². The first-order valence-electron chi connectivity index (χ1n) is 13.7. The van der Waals surface area contributed by atoms with Crippen molar-refractivity contribution in [2.45, 2.75) is 19.4 Å². The van der Waals surface area contributed by atoms with E-state index in [9.17, 15) is 10.1 Å². The standard InChI is InChI=1S/C34H29ClN2O7/c1-3-40-31-16-22(6-15-29(31)42-19-21-4-7-23(35)8-5-21)33-27-14-13-26(17-30(27)44-34(37)28(33)18-36)43-32(38)20-41-25-11-9-24(39-2)10-12-25/h4-17,33H,3,19-20,37H2,1-2H3.